The Morgan fingerprint density at radius 2 is 2.12 bits per heavy atom. The molecule has 2 N–H and O–H groups in total. The van der Waals surface area contributed by atoms with Gasteiger partial charge in [-0.2, -0.15) is 0 Å². The van der Waals surface area contributed by atoms with Gasteiger partial charge in [-0.05, 0) is 48.4 Å². The highest BCUT2D eigenvalue weighted by atomic mass is 16.5. The molecule has 5 heteroatoms. The van der Waals surface area contributed by atoms with Gasteiger partial charge in [-0.1, -0.05) is 12.1 Å². The summed E-state index contributed by atoms with van der Waals surface area (Å²) in [6, 6.07) is 11.5. The van der Waals surface area contributed by atoms with Crippen LogP contribution >= 0.6 is 0 Å². The molecule has 0 saturated carbocycles. The Hall–Kier alpha value is -2.92. The summed E-state index contributed by atoms with van der Waals surface area (Å²) in [5.74, 6) is 0.674. The number of fused-ring (bicyclic) bond motifs is 2. The first-order chi connectivity index (χ1) is 12.3. The van der Waals surface area contributed by atoms with Gasteiger partial charge in [0.1, 0.15) is 5.75 Å². The van der Waals surface area contributed by atoms with Crippen LogP contribution in [0.15, 0.2) is 48.8 Å². The zero-order chi connectivity index (χ0) is 17.2. The average Bonchev–Trinajstić information content (AvgIpc) is 2.67. The summed E-state index contributed by atoms with van der Waals surface area (Å²) in [5, 5.41) is 8.18. The summed E-state index contributed by atoms with van der Waals surface area (Å²) in [4.78, 5) is 17.1. The van der Waals surface area contributed by atoms with Crippen LogP contribution in [-0.2, 0) is 13.0 Å². The van der Waals surface area contributed by atoms with E-state index >= 15 is 0 Å². The van der Waals surface area contributed by atoms with Gasteiger partial charge >= 0.3 is 0 Å². The zero-order valence-electron chi connectivity index (χ0n) is 14.0. The van der Waals surface area contributed by atoms with E-state index in [1.807, 2.05) is 30.3 Å². The fraction of sp³-hybridized carbons (Fsp3) is 0.200. The van der Waals surface area contributed by atoms with E-state index in [4.69, 9.17) is 4.74 Å². The number of carbonyl (C=O) groups is 1. The van der Waals surface area contributed by atoms with Gasteiger partial charge in [0, 0.05) is 35.3 Å². The molecular formula is C20H19N3O2. The number of nitrogens with zero attached hydrogens (tertiary/aromatic N) is 1. The summed E-state index contributed by atoms with van der Waals surface area (Å²) in [6.07, 6.45) is 4.33. The maximum absolute atomic E-state index is 12.9. The number of pyridine rings is 1. The minimum absolute atomic E-state index is 0.0888. The molecule has 2 aromatic carbocycles. The van der Waals surface area contributed by atoms with Gasteiger partial charge in [-0.25, -0.2) is 0 Å². The Balaban J connectivity index is 1.72. The van der Waals surface area contributed by atoms with Gasteiger partial charge in [-0.3, -0.25) is 9.78 Å². The van der Waals surface area contributed by atoms with Crippen molar-refractivity contribution in [1.82, 2.24) is 10.3 Å². The molecule has 5 nitrogen and oxygen atoms in total. The largest absolute Gasteiger partial charge is 0.496 e. The molecule has 0 fully saturated rings. The van der Waals surface area contributed by atoms with Crippen molar-refractivity contribution in [3.05, 3.63) is 65.5 Å². The first-order valence-electron chi connectivity index (χ1n) is 8.31. The van der Waals surface area contributed by atoms with Crippen LogP contribution in [0.3, 0.4) is 0 Å². The number of amides is 1. The normalized spacial score (nSPS) is 13.3. The first-order valence-corrected chi connectivity index (χ1v) is 8.31. The second-order valence-electron chi connectivity index (χ2n) is 6.06. The zero-order valence-corrected chi connectivity index (χ0v) is 14.0. The molecule has 1 aliphatic rings. The fourth-order valence-electron chi connectivity index (χ4n) is 3.38. The van der Waals surface area contributed by atoms with E-state index in [0.29, 0.717) is 0 Å². The molecule has 1 aliphatic heterocycles. The van der Waals surface area contributed by atoms with E-state index in [1.54, 1.807) is 19.5 Å². The summed E-state index contributed by atoms with van der Waals surface area (Å²) >= 11 is 0. The number of methoxy groups -OCH3 is 1. The lowest BCUT2D eigenvalue weighted by atomic mass is 9.95. The van der Waals surface area contributed by atoms with Crippen molar-refractivity contribution in [3.63, 3.8) is 0 Å². The highest BCUT2D eigenvalue weighted by Crippen LogP contribution is 2.31. The lowest BCUT2D eigenvalue weighted by Gasteiger charge is -2.20. The van der Waals surface area contributed by atoms with E-state index in [9.17, 15) is 4.79 Å². The van der Waals surface area contributed by atoms with Crippen LogP contribution in [-0.4, -0.2) is 24.5 Å². The van der Waals surface area contributed by atoms with Gasteiger partial charge in [0.2, 0.25) is 0 Å². The highest BCUT2D eigenvalue weighted by molar-refractivity contribution is 6.10. The van der Waals surface area contributed by atoms with Gasteiger partial charge in [0.05, 0.1) is 12.8 Å². The molecule has 0 radical (unpaired) electrons. The number of hydrogen-bond acceptors (Lipinski definition) is 4. The van der Waals surface area contributed by atoms with Crippen LogP contribution in [0.1, 0.15) is 21.5 Å². The summed E-state index contributed by atoms with van der Waals surface area (Å²) < 4.78 is 5.40. The number of carbonyl (C=O) groups excluding carboxylic acids is 1. The Morgan fingerprint density at radius 3 is 3.00 bits per heavy atom. The van der Waals surface area contributed by atoms with Gasteiger partial charge in [-0.15, -0.1) is 0 Å². The van der Waals surface area contributed by atoms with E-state index in [1.165, 1.54) is 5.56 Å². The molecule has 1 amide bonds. The van der Waals surface area contributed by atoms with Crippen LogP contribution in [0.5, 0.6) is 5.75 Å². The van der Waals surface area contributed by atoms with Crippen molar-refractivity contribution in [3.8, 4) is 5.75 Å². The van der Waals surface area contributed by atoms with Gasteiger partial charge < -0.3 is 15.4 Å². The van der Waals surface area contributed by atoms with E-state index in [0.717, 1.165) is 52.8 Å². The molecule has 1 aromatic heterocycles. The predicted octanol–water partition coefficient (Wildman–Crippen LogP) is 3.14. The number of hydrogen-bond donors (Lipinski definition) is 2. The highest BCUT2D eigenvalue weighted by Gasteiger charge is 2.18. The molecule has 0 aliphatic carbocycles. The molecule has 126 valence electrons. The third-order valence-electron chi connectivity index (χ3n) is 4.63. The Morgan fingerprint density at radius 1 is 1.20 bits per heavy atom. The Labute approximate surface area is 146 Å². The van der Waals surface area contributed by atoms with Crippen LogP contribution < -0.4 is 15.4 Å². The number of anilines is 1. The lowest BCUT2D eigenvalue weighted by molar-refractivity contribution is 0.102. The molecule has 0 spiro atoms. The van der Waals surface area contributed by atoms with E-state index in [2.05, 4.69) is 21.7 Å². The van der Waals surface area contributed by atoms with Crippen LogP contribution in [0, 0.1) is 0 Å². The maximum Gasteiger partial charge on any atom is 0.255 e. The molecule has 0 unspecified atom stereocenters. The fourth-order valence-corrected chi connectivity index (χ4v) is 3.38. The standard InChI is InChI=1S/C20H19N3O2/c1-25-19-6-5-18(17-12-22-10-8-15(17)19)23-20(24)16-4-2-3-13-11-21-9-7-14(13)16/h2-6,8,10,12,21H,7,9,11H2,1H3,(H,23,24). The summed E-state index contributed by atoms with van der Waals surface area (Å²) in [5.41, 5.74) is 3.81. The van der Waals surface area contributed by atoms with Crippen LogP contribution in [0.25, 0.3) is 10.8 Å². The summed E-state index contributed by atoms with van der Waals surface area (Å²) in [6.45, 7) is 1.71. The third kappa shape index (κ3) is 2.83. The van der Waals surface area contributed by atoms with E-state index < -0.39 is 0 Å². The van der Waals surface area contributed by atoms with Gasteiger partial charge in [0.25, 0.3) is 5.91 Å². The van der Waals surface area contributed by atoms with Crippen LogP contribution in [0.4, 0.5) is 5.69 Å². The van der Waals surface area contributed by atoms with Gasteiger partial charge in [0.15, 0.2) is 0 Å². The second-order valence-corrected chi connectivity index (χ2v) is 6.06. The van der Waals surface area contributed by atoms with Crippen molar-refractivity contribution in [1.29, 1.82) is 0 Å². The maximum atomic E-state index is 12.9. The SMILES string of the molecule is COc1ccc(NC(=O)c2cccc3c2CCNC3)c2cnccc12. The molecular weight excluding hydrogens is 314 g/mol. The number of ether oxygens (including phenoxy) is 1. The molecule has 0 atom stereocenters. The molecule has 0 saturated heterocycles. The lowest BCUT2D eigenvalue weighted by Crippen LogP contribution is -2.26. The van der Waals surface area contributed by atoms with Crippen molar-refractivity contribution < 1.29 is 9.53 Å². The minimum Gasteiger partial charge on any atom is -0.496 e. The average molecular weight is 333 g/mol. The summed E-state index contributed by atoms with van der Waals surface area (Å²) in [7, 11) is 1.64. The number of rotatable bonds is 3. The smallest absolute Gasteiger partial charge is 0.255 e. The van der Waals surface area contributed by atoms with Crippen LogP contribution in [0.2, 0.25) is 0 Å². The minimum atomic E-state index is -0.0888. The second kappa shape index (κ2) is 6.53. The van der Waals surface area contributed by atoms with Crippen molar-refractivity contribution in [2.45, 2.75) is 13.0 Å². The number of aromatic nitrogens is 1. The number of nitrogens with one attached hydrogen (secondary N) is 2. The number of benzene rings is 2. The first kappa shape index (κ1) is 15.6. The monoisotopic (exact) mass is 333 g/mol. The van der Waals surface area contributed by atoms with Crippen molar-refractivity contribution in [2.24, 2.45) is 0 Å². The quantitative estimate of drug-likeness (QED) is 0.773. The Bertz CT molecular complexity index is 953. The van der Waals surface area contributed by atoms with Crippen molar-refractivity contribution >= 4 is 22.4 Å². The molecule has 25 heavy (non-hydrogen) atoms. The molecule has 4 rings (SSSR count). The predicted molar refractivity (Wildman–Crippen MR) is 98.1 cm³/mol. The Kier molecular flexibility index (Phi) is 4.07. The molecule has 2 heterocycles. The molecule has 3 aromatic rings. The van der Waals surface area contributed by atoms with Crippen molar-refractivity contribution in [2.75, 3.05) is 19.0 Å². The third-order valence-corrected chi connectivity index (χ3v) is 4.63. The topological polar surface area (TPSA) is 63.2 Å². The van der Waals surface area contributed by atoms with E-state index in [-0.39, 0.29) is 5.91 Å². The molecule has 0 bridgehead atoms.